The third kappa shape index (κ3) is 4.19. The molecule has 0 aliphatic rings. The van der Waals surface area contributed by atoms with Crippen LogP contribution in [0.3, 0.4) is 0 Å². The Labute approximate surface area is 155 Å². The number of para-hydroxylation sites is 1. The summed E-state index contributed by atoms with van der Waals surface area (Å²) >= 11 is 1.56. The molecule has 0 unspecified atom stereocenters. The first kappa shape index (κ1) is 17.9. The second-order valence-corrected chi connectivity index (χ2v) is 6.74. The molecule has 0 aliphatic carbocycles. The second kappa shape index (κ2) is 8.45. The molecule has 1 aromatic heterocycles. The second-order valence-electron chi connectivity index (χ2n) is 5.60. The van der Waals surface area contributed by atoms with Crippen LogP contribution in [-0.2, 0) is 11.2 Å². The van der Waals surface area contributed by atoms with Crippen LogP contribution in [0, 0.1) is 11.3 Å². The average molecular weight is 366 g/mol. The summed E-state index contributed by atoms with van der Waals surface area (Å²) in [6.07, 6.45) is 2.30. The molecule has 6 heteroatoms. The summed E-state index contributed by atoms with van der Waals surface area (Å²) in [5.74, 6) is 1.29. The molecule has 26 heavy (non-hydrogen) atoms. The van der Waals surface area contributed by atoms with Crippen molar-refractivity contribution in [1.29, 1.82) is 5.26 Å². The molecule has 1 heterocycles. The summed E-state index contributed by atoms with van der Waals surface area (Å²) in [4.78, 5) is 13.4. The molecule has 1 N–H and O–H groups in total. The summed E-state index contributed by atoms with van der Waals surface area (Å²) in [6.45, 7) is 0. The Bertz CT molecular complexity index is 959. The highest BCUT2D eigenvalue weighted by Gasteiger charge is 2.13. The highest BCUT2D eigenvalue weighted by atomic mass is 32.2. The van der Waals surface area contributed by atoms with E-state index in [9.17, 15) is 4.79 Å². The molecule has 5 nitrogen and oxygen atoms in total. The third-order valence-electron chi connectivity index (χ3n) is 3.85. The van der Waals surface area contributed by atoms with Crippen LogP contribution in [0.1, 0.15) is 12.0 Å². The Hall–Kier alpha value is -2.91. The van der Waals surface area contributed by atoms with Gasteiger partial charge in [0.15, 0.2) is 0 Å². The number of thioether (sulfide) groups is 1. The number of nitrogens with one attached hydrogen (secondary N) is 1. The Morgan fingerprint density at radius 1 is 1.31 bits per heavy atom. The molecule has 1 amide bonds. The molecule has 0 saturated carbocycles. The van der Waals surface area contributed by atoms with Gasteiger partial charge in [0.1, 0.15) is 11.3 Å². The zero-order chi connectivity index (χ0) is 18.4. The number of carbonyl (C=O) groups is 1. The van der Waals surface area contributed by atoms with Gasteiger partial charge in [-0.3, -0.25) is 4.79 Å². The lowest BCUT2D eigenvalue weighted by molar-refractivity contribution is -0.115. The zero-order valence-corrected chi connectivity index (χ0v) is 15.1. The normalized spacial score (nSPS) is 10.5. The van der Waals surface area contributed by atoms with E-state index >= 15 is 0 Å². The third-order valence-corrected chi connectivity index (χ3v) is 4.92. The highest BCUT2D eigenvalue weighted by Crippen LogP contribution is 2.29. The smallest absolute Gasteiger partial charge is 0.228 e. The van der Waals surface area contributed by atoms with Crippen LogP contribution >= 0.6 is 11.8 Å². The molecule has 3 aromatic rings. The first-order valence-electron chi connectivity index (χ1n) is 8.14. The molecule has 0 spiro atoms. The summed E-state index contributed by atoms with van der Waals surface area (Å²) < 4.78 is 10.7. The predicted molar refractivity (Wildman–Crippen MR) is 102 cm³/mol. The number of anilines is 1. The number of carbonyl (C=O) groups excluding carboxylic acids is 1. The molecule has 0 bridgehead atoms. The van der Waals surface area contributed by atoms with Crippen LogP contribution in [0.15, 0.2) is 58.0 Å². The van der Waals surface area contributed by atoms with Gasteiger partial charge in [-0.15, -0.1) is 11.8 Å². The maximum atomic E-state index is 12.5. The van der Waals surface area contributed by atoms with Crippen LogP contribution in [0.4, 0.5) is 5.69 Å². The maximum Gasteiger partial charge on any atom is 0.228 e. The monoisotopic (exact) mass is 366 g/mol. The quantitative estimate of drug-likeness (QED) is 0.487. The topological polar surface area (TPSA) is 75.3 Å². The number of benzene rings is 2. The van der Waals surface area contributed by atoms with E-state index in [1.807, 2.05) is 36.4 Å². The highest BCUT2D eigenvalue weighted by molar-refractivity contribution is 7.99. The number of furan rings is 1. The van der Waals surface area contributed by atoms with Crippen molar-refractivity contribution in [2.45, 2.75) is 17.7 Å². The van der Waals surface area contributed by atoms with E-state index in [1.54, 1.807) is 31.2 Å². The molecule has 0 fully saturated rings. The Morgan fingerprint density at radius 3 is 2.96 bits per heavy atom. The van der Waals surface area contributed by atoms with Crippen molar-refractivity contribution >= 4 is 34.3 Å². The van der Waals surface area contributed by atoms with Crippen molar-refractivity contribution in [3.8, 4) is 11.8 Å². The number of rotatable bonds is 7. The molecule has 0 radical (unpaired) electrons. The summed E-state index contributed by atoms with van der Waals surface area (Å²) in [5.41, 5.74) is 2.28. The fraction of sp³-hybridized carbons (Fsp3) is 0.200. The van der Waals surface area contributed by atoms with Crippen molar-refractivity contribution in [3.63, 3.8) is 0 Å². The predicted octanol–water partition coefficient (Wildman–Crippen LogP) is 4.63. The molecule has 3 rings (SSSR count). The minimum Gasteiger partial charge on any atom is -0.497 e. The largest absolute Gasteiger partial charge is 0.497 e. The van der Waals surface area contributed by atoms with Crippen molar-refractivity contribution in [1.82, 2.24) is 0 Å². The van der Waals surface area contributed by atoms with E-state index in [0.717, 1.165) is 21.5 Å². The summed E-state index contributed by atoms with van der Waals surface area (Å²) in [5, 5.41) is 12.5. The van der Waals surface area contributed by atoms with E-state index in [2.05, 4.69) is 11.4 Å². The van der Waals surface area contributed by atoms with Gasteiger partial charge in [0, 0.05) is 34.1 Å². The number of fused-ring (bicyclic) bond motifs is 1. The van der Waals surface area contributed by atoms with Crippen molar-refractivity contribution in [2.75, 3.05) is 18.2 Å². The van der Waals surface area contributed by atoms with Gasteiger partial charge in [0.2, 0.25) is 5.91 Å². The lowest BCUT2D eigenvalue weighted by atomic mass is 10.1. The Kier molecular flexibility index (Phi) is 5.82. The Morgan fingerprint density at radius 2 is 2.15 bits per heavy atom. The number of methoxy groups -OCH3 is 1. The van der Waals surface area contributed by atoms with E-state index in [-0.39, 0.29) is 12.3 Å². The molecular weight excluding hydrogens is 348 g/mol. The molecule has 2 aromatic carbocycles. The number of hydrogen-bond acceptors (Lipinski definition) is 5. The molecule has 0 aliphatic heterocycles. The van der Waals surface area contributed by atoms with Gasteiger partial charge in [-0.1, -0.05) is 12.1 Å². The van der Waals surface area contributed by atoms with Crippen molar-refractivity contribution < 1.29 is 13.9 Å². The number of nitrogens with zero attached hydrogens (tertiary/aromatic N) is 1. The molecule has 132 valence electrons. The van der Waals surface area contributed by atoms with E-state index < -0.39 is 0 Å². The average Bonchev–Trinajstić information content (AvgIpc) is 3.05. The van der Waals surface area contributed by atoms with Crippen molar-refractivity contribution in [2.24, 2.45) is 0 Å². The summed E-state index contributed by atoms with van der Waals surface area (Å²) in [7, 11) is 1.60. The maximum absolute atomic E-state index is 12.5. The fourth-order valence-electron chi connectivity index (χ4n) is 2.60. The van der Waals surface area contributed by atoms with E-state index in [1.165, 1.54) is 0 Å². The van der Waals surface area contributed by atoms with Gasteiger partial charge in [-0.05, 0) is 24.3 Å². The lowest BCUT2D eigenvalue weighted by Gasteiger charge is -2.10. The van der Waals surface area contributed by atoms with Crippen molar-refractivity contribution in [3.05, 3.63) is 54.3 Å². The van der Waals surface area contributed by atoms with Gasteiger partial charge in [-0.2, -0.15) is 5.26 Å². The van der Waals surface area contributed by atoms with Gasteiger partial charge >= 0.3 is 0 Å². The van der Waals surface area contributed by atoms with Gasteiger partial charge in [0.05, 0.1) is 31.6 Å². The standard InChI is InChI=1S/C20H18N2O3S/c1-24-15-7-8-16-14(13-25-18(16)12-15)11-20(23)22-17-5-2-3-6-19(17)26-10-4-9-21/h2-3,5-8,12-13H,4,10-11H2,1H3,(H,22,23). The van der Waals surface area contributed by atoms with Gasteiger partial charge in [0.25, 0.3) is 0 Å². The van der Waals surface area contributed by atoms with Gasteiger partial charge in [-0.25, -0.2) is 0 Å². The molecule has 0 atom stereocenters. The Balaban J connectivity index is 1.71. The lowest BCUT2D eigenvalue weighted by Crippen LogP contribution is -2.14. The van der Waals surface area contributed by atoms with Crippen LogP contribution in [-0.4, -0.2) is 18.8 Å². The number of amides is 1. The van der Waals surface area contributed by atoms with Crippen LogP contribution < -0.4 is 10.1 Å². The van der Waals surface area contributed by atoms with E-state index in [4.69, 9.17) is 14.4 Å². The molecule has 0 saturated heterocycles. The summed E-state index contributed by atoms with van der Waals surface area (Å²) in [6, 6.07) is 15.3. The number of nitriles is 1. The minimum atomic E-state index is -0.114. The zero-order valence-electron chi connectivity index (χ0n) is 14.3. The first-order valence-corrected chi connectivity index (χ1v) is 9.12. The fourth-order valence-corrected chi connectivity index (χ4v) is 3.46. The van der Waals surface area contributed by atoms with Gasteiger partial charge < -0.3 is 14.5 Å². The van der Waals surface area contributed by atoms with Crippen LogP contribution in [0.25, 0.3) is 11.0 Å². The van der Waals surface area contributed by atoms with E-state index in [0.29, 0.717) is 23.5 Å². The minimum absolute atomic E-state index is 0.114. The SMILES string of the molecule is COc1ccc2c(CC(=O)Nc3ccccc3SCCC#N)coc2c1. The molecular formula is C20H18N2O3S. The number of hydrogen-bond donors (Lipinski definition) is 1. The van der Waals surface area contributed by atoms with Crippen LogP contribution in [0.5, 0.6) is 5.75 Å². The van der Waals surface area contributed by atoms with Crippen LogP contribution in [0.2, 0.25) is 0 Å². The number of ether oxygens (including phenoxy) is 1. The first-order chi connectivity index (χ1) is 12.7.